The molecule has 9 nitrogen and oxygen atoms in total. The SMILES string of the molecule is COc1ccc2c(c1OCc1cnccn1)C[C@@H](C(=O)O)N(C(=O)[C@@H](OC1CCCC1)C1C=CC=CC1)C2. The Bertz CT molecular complexity index is 1210. The quantitative estimate of drug-likeness (QED) is 0.532. The van der Waals surface area contributed by atoms with Crippen LogP contribution in [-0.2, 0) is 33.9 Å². The number of carboxylic acid groups (broad SMARTS) is 1. The third-order valence-corrected chi connectivity index (χ3v) is 7.49. The number of amides is 1. The van der Waals surface area contributed by atoms with Gasteiger partial charge in [-0.15, -0.1) is 0 Å². The minimum atomic E-state index is -1.06. The minimum absolute atomic E-state index is 0.0222. The van der Waals surface area contributed by atoms with Crippen LogP contribution in [-0.4, -0.2) is 57.2 Å². The fraction of sp³-hybridized carbons (Fsp3) is 0.448. The van der Waals surface area contributed by atoms with Gasteiger partial charge in [-0.25, -0.2) is 4.79 Å². The number of hydrogen-bond acceptors (Lipinski definition) is 7. The van der Waals surface area contributed by atoms with Crippen LogP contribution in [0.3, 0.4) is 0 Å². The molecule has 1 aromatic carbocycles. The fourth-order valence-electron chi connectivity index (χ4n) is 5.50. The average molecular weight is 520 g/mol. The third kappa shape index (κ3) is 5.57. The number of nitrogens with zero attached hydrogens (tertiary/aromatic N) is 3. The highest BCUT2D eigenvalue weighted by Crippen LogP contribution is 2.39. The van der Waals surface area contributed by atoms with Crippen LogP contribution in [0, 0.1) is 5.92 Å². The van der Waals surface area contributed by atoms with Crippen molar-refractivity contribution in [3.63, 3.8) is 0 Å². The van der Waals surface area contributed by atoms with E-state index in [1.54, 1.807) is 31.8 Å². The monoisotopic (exact) mass is 519 g/mol. The molecule has 1 N–H and O–H groups in total. The van der Waals surface area contributed by atoms with Crippen molar-refractivity contribution in [3.05, 3.63) is 71.8 Å². The van der Waals surface area contributed by atoms with E-state index in [2.05, 4.69) is 9.97 Å². The van der Waals surface area contributed by atoms with E-state index in [4.69, 9.17) is 14.2 Å². The summed E-state index contributed by atoms with van der Waals surface area (Å²) in [7, 11) is 1.54. The van der Waals surface area contributed by atoms with Gasteiger partial charge >= 0.3 is 5.97 Å². The van der Waals surface area contributed by atoms with E-state index in [1.165, 1.54) is 4.90 Å². The van der Waals surface area contributed by atoms with Crippen LogP contribution in [0.1, 0.15) is 48.9 Å². The molecule has 5 rings (SSSR count). The number of carboxylic acids is 1. The Kier molecular flexibility index (Phi) is 8.03. The molecule has 2 aromatic rings. The molecule has 1 aromatic heterocycles. The third-order valence-electron chi connectivity index (χ3n) is 7.49. The summed E-state index contributed by atoms with van der Waals surface area (Å²) in [5.74, 6) is -0.514. The molecule has 38 heavy (non-hydrogen) atoms. The second-order valence-corrected chi connectivity index (χ2v) is 9.92. The van der Waals surface area contributed by atoms with Crippen molar-refractivity contribution in [2.75, 3.05) is 7.11 Å². The first-order valence-corrected chi connectivity index (χ1v) is 13.1. The lowest BCUT2D eigenvalue weighted by Gasteiger charge is -2.39. The van der Waals surface area contributed by atoms with Gasteiger partial charge in [-0.1, -0.05) is 43.2 Å². The van der Waals surface area contributed by atoms with Gasteiger partial charge in [-0.05, 0) is 30.9 Å². The molecule has 0 bridgehead atoms. The number of aliphatic carboxylic acids is 1. The maximum absolute atomic E-state index is 14.0. The molecular weight excluding hydrogens is 486 g/mol. The average Bonchev–Trinajstić information content (AvgIpc) is 3.48. The molecule has 1 fully saturated rings. The lowest BCUT2D eigenvalue weighted by Crippen LogP contribution is -2.54. The molecule has 3 aliphatic rings. The number of carbonyl (C=O) groups is 2. The zero-order valence-electron chi connectivity index (χ0n) is 21.5. The fourth-order valence-corrected chi connectivity index (χ4v) is 5.50. The zero-order chi connectivity index (χ0) is 26.5. The molecule has 9 heteroatoms. The summed E-state index contributed by atoms with van der Waals surface area (Å²) in [6.45, 7) is 0.299. The van der Waals surface area contributed by atoms with E-state index >= 15 is 0 Å². The smallest absolute Gasteiger partial charge is 0.326 e. The normalized spacial score (nSPS) is 21.7. The molecule has 2 aliphatic carbocycles. The molecule has 1 aliphatic heterocycles. The molecule has 1 amide bonds. The molecule has 2 heterocycles. The first kappa shape index (κ1) is 25.9. The number of methoxy groups -OCH3 is 1. The number of allylic oxidation sites excluding steroid dienone is 3. The Labute approximate surface area is 222 Å². The van der Waals surface area contributed by atoms with Gasteiger partial charge in [0.2, 0.25) is 0 Å². The summed E-state index contributed by atoms with van der Waals surface area (Å²) in [6, 6.07) is 2.60. The van der Waals surface area contributed by atoms with E-state index in [1.807, 2.05) is 30.4 Å². The van der Waals surface area contributed by atoms with Crippen LogP contribution < -0.4 is 9.47 Å². The summed E-state index contributed by atoms with van der Waals surface area (Å²) in [5.41, 5.74) is 2.18. The molecule has 0 saturated heterocycles. The predicted octanol–water partition coefficient (Wildman–Crippen LogP) is 3.86. The topological polar surface area (TPSA) is 111 Å². The molecule has 3 atom stereocenters. The Morgan fingerprint density at radius 1 is 1.18 bits per heavy atom. The number of ether oxygens (including phenoxy) is 3. The van der Waals surface area contributed by atoms with Gasteiger partial charge < -0.3 is 24.2 Å². The lowest BCUT2D eigenvalue weighted by atomic mass is 9.89. The van der Waals surface area contributed by atoms with Crippen LogP contribution in [0.25, 0.3) is 0 Å². The van der Waals surface area contributed by atoms with Crippen LogP contribution >= 0.6 is 0 Å². The van der Waals surface area contributed by atoms with Gasteiger partial charge in [0.15, 0.2) is 11.5 Å². The molecule has 1 saturated carbocycles. The number of hydrogen-bond donors (Lipinski definition) is 1. The number of rotatable bonds is 9. The minimum Gasteiger partial charge on any atom is -0.493 e. The van der Waals surface area contributed by atoms with Crippen molar-refractivity contribution in [1.29, 1.82) is 0 Å². The van der Waals surface area contributed by atoms with Gasteiger partial charge in [-0.3, -0.25) is 14.8 Å². The summed E-state index contributed by atoms with van der Waals surface area (Å²) < 4.78 is 18.0. The first-order chi connectivity index (χ1) is 18.5. The zero-order valence-corrected chi connectivity index (χ0v) is 21.5. The van der Waals surface area contributed by atoms with E-state index < -0.39 is 18.1 Å². The predicted molar refractivity (Wildman–Crippen MR) is 139 cm³/mol. The van der Waals surface area contributed by atoms with Crippen molar-refractivity contribution in [1.82, 2.24) is 14.9 Å². The van der Waals surface area contributed by atoms with Gasteiger partial charge in [0.25, 0.3) is 5.91 Å². The molecule has 200 valence electrons. The number of aromatic nitrogens is 2. The highest BCUT2D eigenvalue weighted by molar-refractivity contribution is 5.88. The Balaban J connectivity index is 1.44. The van der Waals surface area contributed by atoms with E-state index in [-0.39, 0.29) is 37.5 Å². The Morgan fingerprint density at radius 3 is 2.71 bits per heavy atom. The molecular formula is C29H33N3O6. The first-order valence-electron chi connectivity index (χ1n) is 13.1. The second kappa shape index (κ2) is 11.8. The van der Waals surface area contributed by atoms with Crippen LogP contribution in [0.2, 0.25) is 0 Å². The highest BCUT2D eigenvalue weighted by atomic mass is 16.5. The Hall–Kier alpha value is -3.72. The number of fused-ring (bicyclic) bond motifs is 1. The number of benzene rings is 1. The van der Waals surface area contributed by atoms with Crippen molar-refractivity contribution in [2.24, 2.45) is 5.92 Å². The summed E-state index contributed by atoms with van der Waals surface area (Å²) in [5, 5.41) is 10.2. The van der Waals surface area contributed by atoms with Crippen LogP contribution in [0.5, 0.6) is 11.5 Å². The number of carbonyl (C=O) groups excluding carboxylic acids is 1. The standard InChI is InChI=1S/C29H33N3O6/c1-36-25-12-11-20-17-32(28(33)26(19-7-3-2-4-8-19)38-22-9-5-6-10-22)24(29(34)35)15-23(20)27(25)37-18-21-16-30-13-14-31-21/h2-4,7,11-14,16,19,22,24,26H,5-6,8-10,15,17-18H2,1H3,(H,34,35)/t19?,24-,26-/m0/s1. The summed E-state index contributed by atoms with van der Waals surface area (Å²) >= 11 is 0. The lowest BCUT2D eigenvalue weighted by molar-refractivity contribution is -0.162. The van der Waals surface area contributed by atoms with Crippen molar-refractivity contribution >= 4 is 11.9 Å². The van der Waals surface area contributed by atoms with Crippen LogP contribution in [0.4, 0.5) is 0 Å². The van der Waals surface area contributed by atoms with Gasteiger partial charge in [0.1, 0.15) is 18.8 Å². The van der Waals surface area contributed by atoms with Crippen molar-refractivity contribution in [2.45, 2.75) is 69.9 Å². The second-order valence-electron chi connectivity index (χ2n) is 9.92. The van der Waals surface area contributed by atoms with E-state index in [0.29, 0.717) is 23.6 Å². The summed E-state index contributed by atoms with van der Waals surface area (Å²) in [6.07, 6.45) is 16.8. The largest absolute Gasteiger partial charge is 0.493 e. The maximum atomic E-state index is 14.0. The van der Waals surface area contributed by atoms with Gasteiger partial charge in [0.05, 0.1) is 25.1 Å². The van der Waals surface area contributed by atoms with Crippen LogP contribution in [0.15, 0.2) is 55.0 Å². The maximum Gasteiger partial charge on any atom is 0.326 e. The van der Waals surface area contributed by atoms with Gasteiger partial charge in [-0.2, -0.15) is 0 Å². The molecule has 1 unspecified atom stereocenters. The molecule has 0 radical (unpaired) electrons. The molecule has 0 spiro atoms. The highest BCUT2D eigenvalue weighted by Gasteiger charge is 2.42. The van der Waals surface area contributed by atoms with Gasteiger partial charge in [0, 0.05) is 36.8 Å². The van der Waals surface area contributed by atoms with E-state index in [9.17, 15) is 14.7 Å². The Morgan fingerprint density at radius 2 is 2.03 bits per heavy atom. The van der Waals surface area contributed by atoms with Crippen molar-refractivity contribution in [3.8, 4) is 11.5 Å². The van der Waals surface area contributed by atoms with Crippen molar-refractivity contribution < 1.29 is 28.9 Å². The summed E-state index contributed by atoms with van der Waals surface area (Å²) in [4.78, 5) is 36.3. The van der Waals surface area contributed by atoms with E-state index in [0.717, 1.165) is 36.8 Å².